The van der Waals surface area contributed by atoms with Crippen LogP contribution in [-0.2, 0) is 9.59 Å². The Kier molecular flexibility index (Phi) is 20.7. The summed E-state index contributed by atoms with van der Waals surface area (Å²) in [7, 11) is 0. The van der Waals surface area contributed by atoms with Crippen LogP contribution in [0.15, 0.2) is 0 Å². The van der Waals surface area contributed by atoms with Crippen LogP contribution in [0.25, 0.3) is 0 Å². The second-order valence-corrected chi connectivity index (χ2v) is 6.32. The molecule has 0 aromatic carbocycles. The average Bonchev–Trinajstić information content (AvgIpc) is 2.53. The number of Topliss-reactive ketones (excluding diaryl/α,β-unsaturated/α-hetero) is 2. The van der Waals surface area contributed by atoms with Gasteiger partial charge in [-0.25, -0.2) is 0 Å². The van der Waals surface area contributed by atoms with Crippen LogP contribution in [0.4, 0.5) is 0 Å². The highest BCUT2D eigenvalue weighted by Gasteiger charge is 2.22. The molecule has 0 spiro atoms. The van der Waals surface area contributed by atoms with E-state index in [0.717, 1.165) is 12.8 Å². The quantitative estimate of drug-likeness (QED) is 0.143. The van der Waals surface area contributed by atoms with Crippen molar-refractivity contribution < 1.29 is 9.59 Å². The molecule has 0 aromatic rings. The Labute approximate surface area is 161 Å². The van der Waals surface area contributed by atoms with Gasteiger partial charge in [0.15, 0.2) is 0 Å². The Hall–Kier alpha value is 0.800. The normalized spacial score (nSPS) is 11.8. The van der Waals surface area contributed by atoms with Crippen LogP contribution in [-0.4, -0.2) is 11.6 Å². The largest absolute Gasteiger partial charge is 0.299 e. The molecule has 22 heavy (non-hydrogen) atoms. The topological polar surface area (TPSA) is 34.1 Å². The number of carbonyl (C=O) groups excluding carboxylic acids is 2. The lowest BCUT2D eigenvalue weighted by Crippen LogP contribution is -2.24. The van der Waals surface area contributed by atoms with Gasteiger partial charge in [0.2, 0.25) is 0 Å². The summed E-state index contributed by atoms with van der Waals surface area (Å²) in [5, 5.41) is 0. The van der Waals surface area contributed by atoms with Gasteiger partial charge in [0.25, 0.3) is 0 Å². The molecule has 0 aliphatic heterocycles. The number of hydrogen-bond acceptors (Lipinski definition) is 2. The van der Waals surface area contributed by atoms with Gasteiger partial charge in [0.05, 0.1) is 5.92 Å². The zero-order valence-corrected chi connectivity index (χ0v) is 19.1. The Morgan fingerprint density at radius 2 is 1.18 bits per heavy atom. The lowest BCUT2D eigenvalue weighted by atomic mass is 9.91. The molecule has 0 saturated carbocycles. The monoisotopic (exact) mass is 536 g/mol. The van der Waals surface area contributed by atoms with Gasteiger partial charge in [0.1, 0.15) is 11.6 Å². The molecule has 0 aliphatic carbocycles. The van der Waals surface area contributed by atoms with Gasteiger partial charge in [-0.05, 0) is 13.3 Å². The molecule has 0 heterocycles. The molecule has 0 N–H and O–H groups in total. The minimum atomic E-state index is -0.399. The summed E-state index contributed by atoms with van der Waals surface area (Å²) in [6.07, 6.45) is 11.9. The van der Waals surface area contributed by atoms with Crippen LogP contribution in [0.2, 0.25) is 0 Å². The van der Waals surface area contributed by atoms with Crippen LogP contribution in [0.5, 0.6) is 0 Å². The van der Waals surface area contributed by atoms with E-state index in [2.05, 4.69) is 44.2 Å². The van der Waals surface area contributed by atoms with Crippen molar-refractivity contribution in [3.8, 4) is 0 Å². The molecule has 4 heteroatoms. The fourth-order valence-corrected chi connectivity index (χ4v) is 2.49. The Bertz CT molecular complexity index is 278. The molecule has 2 nitrogen and oxygen atoms in total. The molecule has 0 aliphatic rings. The van der Waals surface area contributed by atoms with E-state index in [1.807, 2.05) is 13.8 Å². The summed E-state index contributed by atoms with van der Waals surface area (Å²) < 4.78 is 0. The second-order valence-electron chi connectivity index (χ2n) is 6.32. The molecule has 0 bridgehead atoms. The smallest absolute Gasteiger partial charge is 0.145 e. The van der Waals surface area contributed by atoms with Gasteiger partial charge in [-0.3, -0.25) is 9.59 Å². The van der Waals surface area contributed by atoms with Gasteiger partial charge >= 0.3 is 0 Å². The van der Waals surface area contributed by atoms with Crippen molar-refractivity contribution in [3.63, 3.8) is 0 Å². The molecular weight excluding hydrogens is 502 g/mol. The third-order valence-electron chi connectivity index (χ3n) is 4.01. The molecule has 1 atom stereocenters. The van der Waals surface area contributed by atoms with Gasteiger partial charge in [0, 0.05) is 49.6 Å². The van der Waals surface area contributed by atoms with E-state index in [9.17, 15) is 9.59 Å². The van der Waals surface area contributed by atoms with E-state index in [1.165, 1.54) is 44.9 Å². The summed E-state index contributed by atoms with van der Waals surface area (Å²) in [5.41, 5.74) is 0. The fraction of sp³-hybridized carbons (Fsp3) is 0.889. The summed E-state index contributed by atoms with van der Waals surface area (Å²) in [4.78, 5) is 23.6. The highest BCUT2D eigenvalue weighted by molar-refractivity contribution is 15.0. The van der Waals surface area contributed by atoms with Crippen molar-refractivity contribution >= 4 is 48.8 Å². The minimum absolute atomic E-state index is 0.0305. The van der Waals surface area contributed by atoms with E-state index in [-0.39, 0.29) is 17.5 Å². The fourth-order valence-electron chi connectivity index (χ4n) is 2.49. The van der Waals surface area contributed by atoms with Crippen LogP contribution < -0.4 is 0 Å². The maximum Gasteiger partial charge on any atom is 0.145 e. The van der Waals surface area contributed by atoms with Crippen molar-refractivity contribution in [1.82, 2.24) is 0 Å². The highest BCUT2D eigenvalue weighted by Crippen LogP contribution is 2.14. The number of rotatable bonds is 13. The maximum atomic E-state index is 11.9. The van der Waals surface area contributed by atoms with Crippen molar-refractivity contribution in [2.75, 3.05) is 0 Å². The maximum absolute atomic E-state index is 11.9. The lowest BCUT2D eigenvalue weighted by Gasteiger charge is -2.11. The van der Waals surface area contributed by atoms with Crippen LogP contribution in [0.3, 0.4) is 0 Å². The van der Waals surface area contributed by atoms with E-state index < -0.39 is 5.92 Å². The number of halogens is 2. The molecule has 0 aromatic heterocycles. The second kappa shape index (κ2) is 18.1. The van der Waals surface area contributed by atoms with Crippen molar-refractivity contribution in [2.24, 2.45) is 11.8 Å². The molecule has 0 amide bonds. The standard InChI is InChI=1S/C18H34O2.I2/c1-5-6-7-8-9-10-11-12-13-14-17(19)16(4)18(20)15(2)3;1-2/h15-16H,5-14H2,1-4H3;. The van der Waals surface area contributed by atoms with Crippen LogP contribution >= 0.6 is 37.2 Å². The van der Waals surface area contributed by atoms with Crippen LogP contribution in [0.1, 0.15) is 91.9 Å². The molecule has 0 fully saturated rings. The first-order valence-electron chi connectivity index (χ1n) is 8.71. The Morgan fingerprint density at radius 1 is 0.773 bits per heavy atom. The molecule has 0 rings (SSSR count). The number of carbonyl (C=O) groups is 2. The van der Waals surface area contributed by atoms with E-state index in [4.69, 9.17) is 0 Å². The summed E-state index contributed by atoms with van der Waals surface area (Å²) in [6, 6.07) is 0. The summed E-state index contributed by atoms with van der Waals surface area (Å²) in [6.45, 7) is 7.73. The van der Waals surface area contributed by atoms with Crippen molar-refractivity contribution in [3.05, 3.63) is 0 Å². The third kappa shape index (κ3) is 14.4. The van der Waals surface area contributed by atoms with Crippen molar-refractivity contribution in [1.29, 1.82) is 0 Å². The average molecular weight is 536 g/mol. The summed E-state index contributed by atoms with van der Waals surface area (Å²) in [5.74, 6) is -0.210. The third-order valence-corrected chi connectivity index (χ3v) is 4.01. The van der Waals surface area contributed by atoms with Crippen LogP contribution in [0, 0.1) is 11.8 Å². The first-order valence-corrected chi connectivity index (χ1v) is 15.0. The predicted molar refractivity (Wildman–Crippen MR) is 114 cm³/mol. The number of hydrogen-bond donors (Lipinski definition) is 0. The molecular formula is C18H34I2O2. The molecule has 132 valence electrons. The van der Waals surface area contributed by atoms with Gasteiger partial charge in [-0.15, -0.1) is 0 Å². The van der Waals surface area contributed by atoms with E-state index in [0.29, 0.717) is 6.42 Å². The van der Waals surface area contributed by atoms with Gasteiger partial charge < -0.3 is 0 Å². The Morgan fingerprint density at radius 3 is 1.59 bits per heavy atom. The first kappa shape index (κ1) is 25.0. The van der Waals surface area contributed by atoms with Crippen molar-refractivity contribution in [2.45, 2.75) is 91.9 Å². The number of ketones is 2. The number of unbranched alkanes of at least 4 members (excludes halogenated alkanes) is 8. The van der Waals surface area contributed by atoms with Gasteiger partial charge in [-0.1, -0.05) is 72.1 Å². The summed E-state index contributed by atoms with van der Waals surface area (Å²) >= 11 is 4.24. The molecule has 1 unspecified atom stereocenters. The molecule has 0 radical (unpaired) electrons. The zero-order chi connectivity index (χ0) is 17.4. The first-order chi connectivity index (χ1) is 10.5. The van der Waals surface area contributed by atoms with E-state index >= 15 is 0 Å². The van der Waals surface area contributed by atoms with E-state index in [1.54, 1.807) is 6.92 Å². The van der Waals surface area contributed by atoms with Gasteiger partial charge in [-0.2, -0.15) is 0 Å². The molecule has 0 saturated heterocycles. The lowest BCUT2D eigenvalue weighted by molar-refractivity contribution is -0.133. The predicted octanol–water partition coefficient (Wildman–Crippen LogP) is 7.11. The highest BCUT2D eigenvalue weighted by atomic mass is 128. The Balaban J connectivity index is 0. The zero-order valence-electron chi connectivity index (χ0n) is 14.8. The SMILES string of the molecule is CCCCCCCCCCCC(=O)C(C)C(=O)C(C)C.II. The minimum Gasteiger partial charge on any atom is -0.299 e.